The summed E-state index contributed by atoms with van der Waals surface area (Å²) in [7, 11) is -3.75. The Kier molecular flexibility index (Phi) is 5.04. The van der Waals surface area contributed by atoms with Gasteiger partial charge < -0.3 is 14.2 Å². The highest BCUT2D eigenvalue weighted by Gasteiger charge is 2.34. The second kappa shape index (κ2) is 7.51. The molecule has 2 aliphatic rings. The van der Waals surface area contributed by atoms with Crippen LogP contribution in [0.4, 0.5) is 0 Å². The molecule has 0 unspecified atom stereocenters. The Labute approximate surface area is 170 Å². The van der Waals surface area contributed by atoms with Crippen molar-refractivity contribution >= 4 is 26.7 Å². The van der Waals surface area contributed by atoms with E-state index in [0.29, 0.717) is 48.9 Å². The number of carbonyl (C=O) groups is 1. The summed E-state index contributed by atoms with van der Waals surface area (Å²) in [6.45, 7) is 5.97. The lowest BCUT2D eigenvalue weighted by Crippen LogP contribution is -2.37. The minimum absolute atomic E-state index is 0.148. The van der Waals surface area contributed by atoms with E-state index in [1.807, 2.05) is 36.1 Å². The van der Waals surface area contributed by atoms with Crippen LogP contribution in [0.25, 0.3) is 4.91 Å². The van der Waals surface area contributed by atoms with Gasteiger partial charge in [0.05, 0.1) is 6.26 Å². The molecule has 7 nitrogen and oxygen atoms in total. The molecule has 1 amide bonds. The second-order valence-corrected chi connectivity index (χ2v) is 8.86. The Morgan fingerprint density at radius 1 is 1.03 bits per heavy atom. The minimum atomic E-state index is -3.75. The summed E-state index contributed by atoms with van der Waals surface area (Å²) in [5, 5.41) is 0. The SMILES string of the molecule is CC1=C(c2ccc(C)cc2)S(=O)(=O)N=C1N1CCCN(C(=O)c2ccco2)CC1. The molecule has 1 fully saturated rings. The van der Waals surface area contributed by atoms with Crippen molar-refractivity contribution in [2.45, 2.75) is 20.3 Å². The third-order valence-electron chi connectivity index (χ3n) is 5.27. The third kappa shape index (κ3) is 3.72. The largest absolute Gasteiger partial charge is 0.459 e. The topological polar surface area (TPSA) is 83.2 Å². The maximum absolute atomic E-state index is 12.8. The van der Waals surface area contributed by atoms with Crippen LogP contribution in [-0.2, 0) is 10.0 Å². The van der Waals surface area contributed by atoms with Gasteiger partial charge in [0.2, 0.25) is 0 Å². The first-order valence-electron chi connectivity index (χ1n) is 9.58. The third-order valence-corrected chi connectivity index (χ3v) is 6.74. The molecule has 2 aliphatic heterocycles. The minimum Gasteiger partial charge on any atom is -0.459 e. The van der Waals surface area contributed by atoms with Gasteiger partial charge in [-0.05, 0) is 38.0 Å². The van der Waals surface area contributed by atoms with E-state index >= 15 is 0 Å². The molecule has 0 saturated carbocycles. The number of aryl methyl sites for hydroxylation is 1. The summed E-state index contributed by atoms with van der Waals surface area (Å²) >= 11 is 0. The zero-order valence-corrected chi connectivity index (χ0v) is 17.3. The molecule has 8 heteroatoms. The van der Waals surface area contributed by atoms with Crippen LogP contribution in [0.1, 0.15) is 35.0 Å². The van der Waals surface area contributed by atoms with Crippen LogP contribution in [0.15, 0.2) is 57.0 Å². The molecular formula is C21H23N3O4S. The highest BCUT2D eigenvalue weighted by atomic mass is 32.2. The molecule has 152 valence electrons. The Hall–Kier alpha value is -2.87. The molecule has 3 heterocycles. The van der Waals surface area contributed by atoms with Crippen molar-refractivity contribution in [3.8, 4) is 0 Å². The van der Waals surface area contributed by atoms with Gasteiger partial charge in [0.25, 0.3) is 15.9 Å². The fraction of sp³-hybridized carbons (Fsp3) is 0.333. The van der Waals surface area contributed by atoms with Gasteiger partial charge in [-0.3, -0.25) is 4.79 Å². The average Bonchev–Trinajstić information content (AvgIpc) is 3.21. The summed E-state index contributed by atoms with van der Waals surface area (Å²) in [6, 6.07) is 10.8. The Morgan fingerprint density at radius 2 is 1.79 bits per heavy atom. The zero-order valence-electron chi connectivity index (χ0n) is 16.5. The van der Waals surface area contributed by atoms with Gasteiger partial charge in [-0.15, -0.1) is 4.40 Å². The lowest BCUT2D eigenvalue weighted by atomic mass is 10.1. The predicted octanol–water partition coefficient (Wildman–Crippen LogP) is 2.91. The summed E-state index contributed by atoms with van der Waals surface area (Å²) < 4.78 is 34.9. The number of carbonyl (C=O) groups excluding carboxylic acids is 1. The summed E-state index contributed by atoms with van der Waals surface area (Å²) in [4.78, 5) is 16.5. The van der Waals surface area contributed by atoms with Crippen LogP contribution in [0.5, 0.6) is 0 Å². The zero-order chi connectivity index (χ0) is 20.6. The predicted molar refractivity (Wildman–Crippen MR) is 111 cm³/mol. The number of amidine groups is 1. The molecule has 0 spiro atoms. The van der Waals surface area contributed by atoms with Gasteiger partial charge in [-0.25, -0.2) is 0 Å². The first kappa shape index (κ1) is 19.4. The molecule has 0 radical (unpaired) electrons. The second-order valence-electron chi connectivity index (χ2n) is 7.32. The fourth-order valence-electron chi connectivity index (χ4n) is 3.78. The molecule has 1 aromatic heterocycles. The molecule has 0 aliphatic carbocycles. The highest BCUT2D eigenvalue weighted by molar-refractivity contribution is 8.00. The van der Waals surface area contributed by atoms with E-state index in [2.05, 4.69) is 4.40 Å². The highest BCUT2D eigenvalue weighted by Crippen LogP contribution is 2.34. The van der Waals surface area contributed by atoms with Crippen molar-refractivity contribution in [2.24, 2.45) is 4.40 Å². The van der Waals surface area contributed by atoms with Crippen molar-refractivity contribution < 1.29 is 17.6 Å². The van der Waals surface area contributed by atoms with Gasteiger partial charge in [-0.1, -0.05) is 29.8 Å². The number of sulfonamides is 1. The van der Waals surface area contributed by atoms with Crippen molar-refractivity contribution in [2.75, 3.05) is 26.2 Å². The Bertz CT molecular complexity index is 1080. The van der Waals surface area contributed by atoms with Crippen LogP contribution < -0.4 is 0 Å². The van der Waals surface area contributed by atoms with Crippen molar-refractivity contribution in [1.29, 1.82) is 0 Å². The smallest absolute Gasteiger partial charge is 0.289 e. The molecule has 1 saturated heterocycles. The van der Waals surface area contributed by atoms with E-state index in [1.54, 1.807) is 24.0 Å². The van der Waals surface area contributed by atoms with Crippen LogP contribution in [-0.4, -0.2) is 56.1 Å². The van der Waals surface area contributed by atoms with Gasteiger partial charge in [0, 0.05) is 31.8 Å². The number of nitrogens with zero attached hydrogens (tertiary/aromatic N) is 3. The number of benzene rings is 1. The molecular weight excluding hydrogens is 390 g/mol. The molecule has 29 heavy (non-hydrogen) atoms. The van der Waals surface area contributed by atoms with Crippen LogP contribution >= 0.6 is 0 Å². The first-order valence-corrected chi connectivity index (χ1v) is 11.0. The lowest BCUT2D eigenvalue weighted by Gasteiger charge is -2.23. The van der Waals surface area contributed by atoms with Gasteiger partial charge >= 0.3 is 0 Å². The molecule has 0 N–H and O–H groups in total. The fourth-order valence-corrected chi connectivity index (χ4v) is 5.26. The van der Waals surface area contributed by atoms with Gasteiger partial charge in [-0.2, -0.15) is 8.42 Å². The van der Waals surface area contributed by atoms with E-state index in [9.17, 15) is 13.2 Å². The lowest BCUT2D eigenvalue weighted by molar-refractivity contribution is 0.0732. The molecule has 0 bridgehead atoms. The monoisotopic (exact) mass is 413 g/mol. The Balaban J connectivity index is 1.57. The summed E-state index contributed by atoms with van der Waals surface area (Å²) in [6.07, 6.45) is 2.20. The normalized spacial score (nSPS) is 19.3. The molecule has 0 atom stereocenters. The standard InChI is InChI=1S/C21H23N3O4S/c1-15-6-8-17(9-7-15)19-16(2)20(22-29(19,26)27)23-10-4-11-24(13-12-23)21(25)18-5-3-14-28-18/h3,5-9,14H,4,10-13H2,1-2H3. The summed E-state index contributed by atoms with van der Waals surface area (Å²) in [5.41, 5.74) is 2.37. The first-order chi connectivity index (χ1) is 13.9. The van der Waals surface area contributed by atoms with Gasteiger partial charge in [0.15, 0.2) is 5.76 Å². The molecule has 1 aromatic carbocycles. The van der Waals surface area contributed by atoms with E-state index in [-0.39, 0.29) is 10.8 Å². The number of hydrogen-bond donors (Lipinski definition) is 0. The van der Waals surface area contributed by atoms with Crippen LogP contribution in [0.2, 0.25) is 0 Å². The number of furan rings is 1. The van der Waals surface area contributed by atoms with E-state index < -0.39 is 10.0 Å². The average molecular weight is 413 g/mol. The molecule has 2 aromatic rings. The van der Waals surface area contributed by atoms with Gasteiger partial charge in [0.1, 0.15) is 10.7 Å². The number of rotatable bonds is 2. The van der Waals surface area contributed by atoms with Crippen molar-refractivity contribution in [1.82, 2.24) is 9.80 Å². The van der Waals surface area contributed by atoms with Crippen LogP contribution in [0, 0.1) is 6.92 Å². The maximum Gasteiger partial charge on any atom is 0.289 e. The van der Waals surface area contributed by atoms with Crippen LogP contribution in [0.3, 0.4) is 0 Å². The number of hydrogen-bond acceptors (Lipinski definition) is 5. The number of amides is 1. The molecule has 4 rings (SSSR count). The summed E-state index contributed by atoms with van der Waals surface area (Å²) in [5.74, 6) is 0.648. The van der Waals surface area contributed by atoms with Crippen molar-refractivity contribution in [3.63, 3.8) is 0 Å². The maximum atomic E-state index is 12.8. The van der Waals surface area contributed by atoms with E-state index in [1.165, 1.54) is 6.26 Å². The van der Waals surface area contributed by atoms with E-state index in [0.717, 1.165) is 12.0 Å². The quantitative estimate of drug-likeness (QED) is 0.756. The Morgan fingerprint density at radius 3 is 2.48 bits per heavy atom. The van der Waals surface area contributed by atoms with Crippen molar-refractivity contribution in [3.05, 3.63) is 65.1 Å². The van der Waals surface area contributed by atoms with E-state index in [4.69, 9.17) is 4.42 Å².